The fourth-order valence-corrected chi connectivity index (χ4v) is 3.64. The third-order valence-electron chi connectivity index (χ3n) is 5.27. The van der Waals surface area contributed by atoms with Crippen LogP contribution in [0.1, 0.15) is 67.3 Å². The lowest BCUT2D eigenvalue weighted by atomic mass is 9.90. The van der Waals surface area contributed by atoms with Crippen LogP contribution in [0.5, 0.6) is 0 Å². The van der Waals surface area contributed by atoms with Crippen molar-refractivity contribution in [3.63, 3.8) is 0 Å². The van der Waals surface area contributed by atoms with Crippen molar-refractivity contribution in [2.75, 3.05) is 19.5 Å². The summed E-state index contributed by atoms with van der Waals surface area (Å²) in [6, 6.07) is 0.443. The smallest absolute Gasteiger partial charge is 0.342 e. The normalized spacial score (nSPS) is 17.7. The molecule has 2 aromatic rings. The Morgan fingerprint density at radius 2 is 1.85 bits per heavy atom. The Hall–Kier alpha value is -3.34. The van der Waals surface area contributed by atoms with Gasteiger partial charge < -0.3 is 20.1 Å². The lowest BCUT2D eigenvalue weighted by molar-refractivity contribution is -0.138. The maximum absolute atomic E-state index is 12.3. The second-order valence-corrected chi connectivity index (χ2v) is 8.93. The number of hydrogen-bond donors (Lipinski definition) is 2. The summed E-state index contributed by atoms with van der Waals surface area (Å²) < 4.78 is 11.0. The fourth-order valence-electron chi connectivity index (χ4n) is 3.64. The van der Waals surface area contributed by atoms with Crippen molar-refractivity contribution in [3.8, 4) is 11.3 Å². The molecular formula is C23H34N6O5. The van der Waals surface area contributed by atoms with Crippen LogP contribution < -0.4 is 10.6 Å². The summed E-state index contributed by atoms with van der Waals surface area (Å²) in [6.45, 7) is 5.92. The van der Waals surface area contributed by atoms with Crippen LogP contribution in [0.15, 0.2) is 12.4 Å². The van der Waals surface area contributed by atoms with E-state index in [4.69, 9.17) is 4.74 Å². The summed E-state index contributed by atoms with van der Waals surface area (Å²) in [7, 11) is 4.96. The Balaban J connectivity index is 0.000000509. The average Bonchev–Trinajstić information content (AvgIpc) is 3.24. The van der Waals surface area contributed by atoms with Gasteiger partial charge in [-0.25, -0.2) is 14.8 Å². The molecule has 3 rings (SSSR count). The number of anilines is 1. The number of hydrogen-bond acceptors (Lipinski definition) is 10. The van der Waals surface area contributed by atoms with Crippen LogP contribution in [-0.4, -0.2) is 70.3 Å². The first kappa shape index (κ1) is 26.9. The van der Waals surface area contributed by atoms with Crippen LogP contribution in [0.25, 0.3) is 11.3 Å². The van der Waals surface area contributed by atoms with Gasteiger partial charge in [-0.2, -0.15) is 5.10 Å². The molecule has 1 fully saturated rings. The van der Waals surface area contributed by atoms with Crippen LogP contribution in [0.4, 0.5) is 5.95 Å². The van der Waals surface area contributed by atoms with E-state index in [9.17, 15) is 14.4 Å². The predicted molar refractivity (Wildman–Crippen MR) is 127 cm³/mol. The molecule has 0 bridgehead atoms. The zero-order chi connectivity index (χ0) is 25.3. The van der Waals surface area contributed by atoms with E-state index in [0.29, 0.717) is 36.0 Å². The molecule has 1 aliphatic rings. The number of esters is 1. The number of ether oxygens (including phenoxy) is 2. The lowest BCUT2D eigenvalue weighted by Gasteiger charge is -2.32. The number of aromatic nitrogens is 4. The van der Waals surface area contributed by atoms with Crippen LogP contribution in [0, 0.1) is 0 Å². The second-order valence-electron chi connectivity index (χ2n) is 8.93. The van der Waals surface area contributed by atoms with Gasteiger partial charge in [-0.3, -0.25) is 14.3 Å². The van der Waals surface area contributed by atoms with E-state index in [-0.39, 0.29) is 22.9 Å². The summed E-state index contributed by atoms with van der Waals surface area (Å²) in [6.07, 6.45) is 8.19. The zero-order valence-electron chi connectivity index (χ0n) is 20.6. The van der Waals surface area contributed by atoms with E-state index in [1.165, 1.54) is 13.5 Å². The van der Waals surface area contributed by atoms with Crippen LogP contribution in [-0.2, 0) is 21.3 Å². The number of nitrogens with one attached hydrogen (secondary N) is 2. The van der Waals surface area contributed by atoms with E-state index in [1.807, 2.05) is 27.8 Å². The monoisotopic (exact) mass is 474 g/mol. The second kappa shape index (κ2) is 12.2. The van der Waals surface area contributed by atoms with E-state index in [0.717, 1.165) is 19.3 Å². The van der Waals surface area contributed by atoms with Gasteiger partial charge in [0.25, 0.3) is 6.47 Å². The molecule has 0 amide bonds. The Morgan fingerprint density at radius 1 is 1.18 bits per heavy atom. The number of carbonyl (C=O) groups excluding carboxylic acids is 3. The number of rotatable bonds is 7. The van der Waals surface area contributed by atoms with Gasteiger partial charge in [-0.15, -0.1) is 0 Å². The number of methoxy groups -OCH3 is 1. The van der Waals surface area contributed by atoms with Gasteiger partial charge in [0.2, 0.25) is 5.95 Å². The molecule has 2 N–H and O–H groups in total. The predicted octanol–water partition coefficient (Wildman–Crippen LogP) is 2.38. The molecule has 2 heterocycles. The molecule has 186 valence electrons. The van der Waals surface area contributed by atoms with E-state index in [1.54, 1.807) is 24.1 Å². The number of nitrogens with zero attached hydrogens (tertiary/aromatic N) is 4. The molecule has 0 aromatic carbocycles. The van der Waals surface area contributed by atoms with Gasteiger partial charge >= 0.3 is 5.97 Å². The Labute approximate surface area is 199 Å². The molecule has 2 aromatic heterocycles. The molecule has 1 aliphatic carbocycles. The highest BCUT2D eigenvalue weighted by atomic mass is 16.5. The van der Waals surface area contributed by atoms with Crippen LogP contribution in [0.3, 0.4) is 0 Å². The number of likely N-dealkylation sites (N-methyl/N-ethyl adjacent to an activating group) is 1. The summed E-state index contributed by atoms with van der Waals surface area (Å²) >= 11 is 0. The molecule has 11 nitrogen and oxygen atoms in total. The standard InChI is InChI=1S/C18H24N6O3.C5H10O2/c1-19-12-6-4-5-7-13(12)21-18-22-14(10-25)15(17(26)27-3)16(23-18)11-8-20-24(2)9-11;1-5(2,3)7-4-6/h8-10,12-13,19H,4-7H2,1-3H3,(H,21,22,23);4H,1-3H3. The Kier molecular flexibility index (Phi) is 9.67. The fraction of sp³-hybridized carbons (Fsp3) is 0.565. The van der Waals surface area contributed by atoms with Crippen molar-refractivity contribution in [1.82, 2.24) is 25.1 Å². The molecular weight excluding hydrogens is 440 g/mol. The minimum absolute atomic E-state index is 0.00461. The van der Waals surface area contributed by atoms with Crippen LogP contribution >= 0.6 is 0 Å². The number of aldehydes is 1. The molecule has 0 saturated heterocycles. The summed E-state index contributed by atoms with van der Waals surface area (Å²) in [5.74, 6) is -0.343. The first-order chi connectivity index (χ1) is 16.1. The highest BCUT2D eigenvalue weighted by Gasteiger charge is 2.27. The van der Waals surface area contributed by atoms with Crippen molar-refractivity contribution in [3.05, 3.63) is 23.7 Å². The molecule has 0 spiro atoms. The Morgan fingerprint density at radius 3 is 2.32 bits per heavy atom. The largest absolute Gasteiger partial charge is 0.465 e. The maximum Gasteiger partial charge on any atom is 0.342 e. The minimum atomic E-state index is -0.659. The summed E-state index contributed by atoms with van der Waals surface area (Å²) in [5, 5.41) is 10.8. The third kappa shape index (κ3) is 7.34. The van der Waals surface area contributed by atoms with Crippen LogP contribution in [0.2, 0.25) is 0 Å². The molecule has 0 aliphatic heterocycles. The van der Waals surface area contributed by atoms with E-state index in [2.05, 4.69) is 30.4 Å². The first-order valence-electron chi connectivity index (χ1n) is 11.1. The quantitative estimate of drug-likeness (QED) is 0.454. The maximum atomic E-state index is 12.3. The van der Waals surface area contributed by atoms with E-state index < -0.39 is 5.97 Å². The zero-order valence-corrected chi connectivity index (χ0v) is 20.6. The number of carbonyl (C=O) groups is 3. The van der Waals surface area contributed by atoms with Gasteiger partial charge in [0.05, 0.1) is 19.0 Å². The lowest BCUT2D eigenvalue weighted by Crippen LogP contribution is -2.45. The SMILES string of the molecule is CC(C)(C)OC=O.CNC1CCCCC1Nc1nc(C=O)c(C(=O)OC)c(-c2cnn(C)c2)n1. The minimum Gasteiger partial charge on any atom is -0.465 e. The third-order valence-corrected chi connectivity index (χ3v) is 5.27. The van der Waals surface area contributed by atoms with Crippen molar-refractivity contribution >= 4 is 24.7 Å². The van der Waals surface area contributed by atoms with Crippen molar-refractivity contribution in [1.29, 1.82) is 0 Å². The summed E-state index contributed by atoms with van der Waals surface area (Å²) in [4.78, 5) is 42.3. The van der Waals surface area contributed by atoms with Gasteiger partial charge in [-0.1, -0.05) is 12.8 Å². The van der Waals surface area contributed by atoms with Gasteiger partial charge in [0, 0.05) is 30.9 Å². The molecule has 2 atom stereocenters. The van der Waals surface area contributed by atoms with Gasteiger partial charge in [-0.05, 0) is 40.7 Å². The molecule has 2 unspecified atom stereocenters. The Bertz CT molecular complexity index is 985. The van der Waals surface area contributed by atoms with Crippen molar-refractivity contribution in [2.45, 2.75) is 64.1 Å². The van der Waals surface area contributed by atoms with E-state index >= 15 is 0 Å². The highest BCUT2D eigenvalue weighted by molar-refractivity contribution is 6.02. The molecule has 11 heteroatoms. The van der Waals surface area contributed by atoms with Gasteiger partial charge in [0.1, 0.15) is 16.9 Å². The average molecular weight is 475 g/mol. The van der Waals surface area contributed by atoms with Crippen molar-refractivity contribution < 1.29 is 23.9 Å². The first-order valence-corrected chi connectivity index (χ1v) is 11.1. The highest BCUT2D eigenvalue weighted by Crippen LogP contribution is 2.27. The molecule has 0 radical (unpaired) electrons. The topological polar surface area (TPSA) is 137 Å². The molecule has 34 heavy (non-hydrogen) atoms. The van der Waals surface area contributed by atoms with Crippen molar-refractivity contribution in [2.24, 2.45) is 7.05 Å². The molecule has 1 saturated carbocycles. The summed E-state index contributed by atoms with van der Waals surface area (Å²) in [5.41, 5.74) is 0.656. The van der Waals surface area contributed by atoms with Gasteiger partial charge in [0.15, 0.2) is 6.29 Å². The number of aryl methyl sites for hydroxylation is 1.